The Kier molecular flexibility index (Phi) is 3.56. The van der Waals surface area contributed by atoms with Gasteiger partial charge in [-0.3, -0.25) is 4.90 Å². The molecule has 2 aliphatic carbocycles. The minimum absolute atomic E-state index is 0.439. The van der Waals surface area contributed by atoms with Crippen LogP contribution in [0.15, 0.2) is 0 Å². The van der Waals surface area contributed by atoms with E-state index in [2.05, 4.69) is 10.2 Å². The maximum Gasteiger partial charge on any atom is 0.0622 e. The Balaban J connectivity index is 1.57. The summed E-state index contributed by atoms with van der Waals surface area (Å²) in [6.45, 7) is 4.50. The molecule has 20 heavy (non-hydrogen) atoms. The summed E-state index contributed by atoms with van der Waals surface area (Å²) in [4.78, 5) is 2.93. The molecular weight excluding hydrogens is 248 g/mol. The molecule has 2 heterocycles. The Hall–Kier alpha value is -0.120. The van der Waals surface area contributed by atoms with Crippen molar-refractivity contribution in [3.63, 3.8) is 0 Å². The summed E-state index contributed by atoms with van der Waals surface area (Å²) in [5.74, 6) is 0. The molecule has 1 unspecified atom stereocenters. The maximum absolute atomic E-state index is 5.73. The Morgan fingerprint density at radius 1 is 0.950 bits per heavy atom. The number of nitrogens with one attached hydrogen (secondary N) is 1. The first-order chi connectivity index (χ1) is 9.82. The topological polar surface area (TPSA) is 24.5 Å². The molecular formula is C17H30N2O. The first kappa shape index (κ1) is 13.5. The van der Waals surface area contributed by atoms with E-state index in [0.29, 0.717) is 17.1 Å². The lowest BCUT2D eigenvalue weighted by atomic mass is 9.76. The van der Waals surface area contributed by atoms with E-state index in [0.717, 1.165) is 13.2 Å². The Bertz CT molecular complexity index is 339. The third kappa shape index (κ3) is 2.22. The zero-order chi connectivity index (χ0) is 13.5. The first-order valence-electron chi connectivity index (χ1n) is 8.92. The second kappa shape index (κ2) is 5.26. The predicted octanol–water partition coefficient (Wildman–Crippen LogP) is 2.70. The molecule has 4 aliphatic rings. The highest BCUT2D eigenvalue weighted by molar-refractivity contribution is 5.09. The summed E-state index contributed by atoms with van der Waals surface area (Å²) in [6.07, 6.45) is 14.0. The molecule has 0 aromatic carbocycles. The molecule has 4 fully saturated rings. The van der Waals surface area contributed by atoms with Gasteiger partial charge in [0.1, 0.15) is 0 Å². The SMILES string of the molecule is C1CCC2(CC1)CN(C1CCOC1)C1(CCCC1)CN2. The molecule has 2 spiro atoms. The Labute approximate surface area is 123 Å². The van der Waals surface area contributed by atoms with Crippen molar-refractivity contribution in [1.29, 1.82) is 0 Å². The normalized spacial score (nSPS) is 36.9. The van der Waals surface area contributed by atoms with Gasteiger partial charge in [0.05, 0.1) is 6.61 Å². The highest BCUT2D eigenvalue weighted by Crippen LogP contribution is 2.43. The van der Waals surface area contributed by atoms with Crippen LogP contribution in [0.5, 0.6) is 0 Å². The zero-order valence-electron chi connectivity index (χ0n) is 12.8. The van der Waals surface area contributed by atoms with Gasteiger partial charge < -0.3 is 10.1 Å². The second-order valence-corrected chi connectivity index (χ2v) is 7.77. The van der Waals surface area contributed by atoms with E-state index in [-0.39, 0.29) is 0 Å². The van der Waals surface area contributed by atoms with Crippen LogP contribution in [0.2, 0.25) is 0 Å². The van der Waals surface area contributed by atoms with Gasteiger partial charge in [-0.25, -0.2) is 0 Å². The summed E-state index contributed by atoms with van der Waals surface area (Å²) < 4.78 is 5.73. The minimum Gasteiger partial charge on any atom is -0.380 e. The van der Waals surface area contributed by atoms with Crippen molar-refractivity contribution in [2.75, 3.05) is 26.3 Å². The van der Waals surface area contributed by atoms with Crippen LogP contribution in [-0.2, 0) is 4.74 Å². The van der Waals surface area contributed by atoms with Crippen molar-refractivity contribution in [2.45, 2.75) is 81.3 Å². The van der Waals surface area contributed by atoms with E-state index < -0.39 is 0 Å². The van der Waals surface area contributed by atoms with Gasteiger partial charge in [-0.2, -0.15) is 0 Å². The fourth-order valence-corrected chi connectivity index (χ4v) is 5.35. The van der Waals surface area contributed by atoms with E-state index >= 15 is 0 Å². The molecule has 3 heteroatoms. The molecule has 2 saturated heterocycles. The fourth-order valence-electron chi connectivity index (χ4n) is 5.35. The standard InChI is InChI=1S/C17H30N2O/c1-2-7-16(8-3-1)14-19(15-6-11-20-12-15)17(13-18-16)9-4-5-10-17/h15,18H,1-14H2. The van der Waals surface area contributed by atoms with E-state index in [1.54, 1.807) is 0 Å². The molecule has 1 N–H and O–H groups in total. The van der Waals surface area contributed by atoms with E-state index in [1.165, 1.54) is 77.3 Å². The summed E-state index contributed by atoms with van der Waals surface area (Å²) in [6, 6.07) is 0.703. The van der Waals surface area contributed by atoms with Crippen LogP contribution < -0.4 is 5.32 Å². The van der Waals surface area contributed by atoms with Crippen molar-refractivity contribution in [3.05, 3.63) is 0 Å². The molecule has 1 atom stereocenters. The lowest BCUT2D eigenvalue weighted by molar-refractivity contribution is -0.0368. The molecule has 2 saturated carbocycles. The van der Waals surface area contributed by atoms with Crippen LogP contribution in [0.25, 0.3) is 0 Å². The Morgan fingerprint density at radius 3 is 2.40 bits per heavy atom. The van der Waals surface area contributed by atoms with Gasteiger partial charge in [-0.05, 0) is 32.1 Å². The van der Waals surface area contributed by atoms with Gasteiger partial charge >= 0.3 is 0 Å². The predicted molar refractivity (Wildman–Crippen MR) is 80.9 cm³/mol. The van der Waals surface area contributed by atoms with Crippen molar-refractivity contribution in [3.8, 4) is 0 Å². The number of hydrogen-bond acceptors (Lipinski definition) is 3. The third-order valence-corrected chi connectivity index (χ3v) is 6.57. The molecule has 3 nitrogen and oxygen atoms in total. The number of hydrogen-bond donors (Lipinski definition) is 1. The highest BCUT2D eigenvalue weighted by atomic mass is 16.5. The number of ether oxygens (including phenoxy) is 1. The van der Waals surface area contributed by atoms with Gasteiger partial charge in [-0.1, -0.05) is 32.1 Å². The van der Waals surface area contributed by atoms with Gasteiger partial charge in [0, 0.05) is 36.8 Å². The molecule has 114 valence electrons. The van der Waals surface area contributed by atoms with E-state index in [9.17, 15) is 0 Å². The molecule has 0 aromatic rings. The average Bonchev–Trinajstić information content (AvgIpc) is 3.16. The summed E-state index contributed by atoms with van der Waals surface area (Å²) in [7, 11) is 0. The molecule has 0 radical (unpaired) electrons. The van der Waals surface area contributed by atoms with Gasteiger partial charge in [0.15, 0.2) is 0 Å². The summed E-state index contributed by atoms with van der Waals surface area (Å²) >= 11 is 0. The second-order valence-electron chi connectivity index (χ2n) is 7.77. The van der Waals surface area contributed by atoms with Gasteiger partial charge in [0.25, 0.3) is 0 Å². The van der Waals surface area contributed by atoms with Crippen LogP contribution in [0.1, 0.15) is 64.2 Å². The number of piperazine rings is 1. The lowest BCUT2D eigenvalue weighted by Crippen LogP contribution is -2.71. The average molecular weight is 278 g/mol. The fraction of sp³-hybridized carbons (Fsp3) is 1.00. The quantitative estimate of drug-likeness (QED) is 0.798. The van der Waals surface area contributed by atoms with Crippen LogP contribution in [0, 0.1) is 0 Å². The number of nitrogens with zero attached hydrogens (tertiary/aromatic N) is 1. The number of rotatable bonds is 1. The summed E-state index contributed by atoms with van der Waals surface area (Å²) in [5, 5.41) is 4.04. The van der Waals surface area contributed by atoms with Crippen molar-refractivity contribution in [1.82, 2.24) is 10.2 Å². The third-order valence-electron chi connectivity index (χ3n) is 6.57. The van der Waals surface area contributed by atoms with Crippen LogP contribution in [0.4, 0.5) is 0 Å². The van der Waals surface area contributed by atoms with E-state index in [4.69, 9.17) is 4.74 Å². The lowest BCUT2D eigenvalue weighted by Gasteiger charge is -2.56. The monoisotopic (exact) mass is 278 g/mol. The first-order valence-corrected chi connectivity index (χ1v) is 8.92. The van der Waals surface area contributed by atoms with Gasteiger partial charge in [0.2, 0.25) is 0 Å². The van der Waals surface area contributed by atoms with E-state index in [1.807, 2.05) is 0 Å². The highest BCUT2D eigenvalue weighted by Gasteiger charge is 2.51. The molecule has 0 amide bonds. The minimum atomic E-state index is 0.439. The Morgan fingerprint density at radius 2 is 1.70 bits per heavy atom. The summed E-state index contributed by atoms with van der Waals surface area (Å²) in [5.41, 5.74) is 0.912. The van der Waals surface area contributed by atoms with Crippen LogP contribution >= 0.6 is 0 Å². The van der Waals surface area contributed by atoms with Crippen molar-refractivity contribution < 1.29 is 4.74 Å². The zero-order valence-corrected chi connectivity index (χ0v) is 12.8. The van der Waals surface area contributed by atoms with Crippen molar-refractivity contribution >= 4 is 0 Å². The van der Waals surface area contributed by atoms with Crippen molar-refractivity contribution in [2.24, 2.45) is 0 Å². The molecule has 0 aromatic heterocycles. The molecule has 2 aliphatic heterocycles. The molecule has 0 bridgehead atoms. The smallest absolute Gasteiger partial charge is 0.0622 e. The van der Waals surface area contributed by atoms with Crippen LogP contribution in [-0.4, -0.2) is 48.3 Å². The van der Waals surface area contributed by atoms with Gasteiger partial charge in [-0.15, -0.1) is 0 Å². The largest absolute Gasteiger partial charge is 0.380 e. The van der Waals surface area contributed by atoms with Crippen LogP contribution in [0.3, 0.4) is 0 Å². The maximum atomic E-state index is 5.73. The molecule has 4 rings (SSSR count).